The van der Waals surface area contributed by atoms with Crippen molar-refractivity contribution in [2.24, 2.45) is 0 Å². The van der Waals surface area contributed by atoms with Gasteiger partial charge in [0.2, 0.25) is 0 Å². The molecule has 0 spiro atoms. The fourth-order valence-corrected chi connectivity index (χ4v) is 4.56. The van der Waals surface area contributed by atoms with Gasteiger partial charge < -0.3 is 15.1 Å². The molecule has 6 heteroatoms. The molecule has 5 nitrogen and oxygen atoms in total. The van der Waals surface area contributed by atoms with Gasteiger partial charge in [-0.3, -0.25) is 9.59 Å². The van der Waals surface area contributed by atoms with Crippen LogP contribution in [-0.4, -0.2) is 47.3 Å². The fourth-order valence-electron chi connectivity index (χ4n) is 4.56. The SMILES string of the molecule is CC1CCCCN1CCCNC(=O)c1ccc2c(c1)C(=O)N(Cc1cccc(F)c1)C2. The quantitative estimate of drug-likeness (QED) is 0.686. The van der Waals surface area contributed by atoms with Crippen molar-refractivity contribution in [3.05, 3.63) is 70.5 Å². The summed E-state index contributed by atoms with van der Waals surface area (Å²) in [7, 11) is 0. The number of carbonyl (C=O) groups excluding carboxylic acids is 2. The minimum absolute atomic E-state index is 0.118. The molecule has 1 saturated heterocycles. The predicted molar refractivity (Wildman–Crippen MR) is 118 cm³/mol. The first-order valence-corrected chi connectivity index (χ1v) is 11.2. The largest absolute Gasteiger partial charge is 0.352 e. The Morgan fingerprint density at radius 2 is 2.06 bits per heavy atom. The third-order valence-electron chi connectivity index (χ3n) is 6.36. The summed E-state index contributed by atoms with van der Waals surface area (Å²) in [6.07, 6.45) is 4.74. The lowest BCUT2D eigenvalue weighted by atomic mass is 10.0. The molecule has 2 heterocycles. The molecule has 4 rings (SSSR count). The van der Waals surface area contributed by atoms with Gasteiger partial charge in [-0.2, -0.15) is 0 Å². The van der Waals surface area contributed by atoms with E-state index in [4.69, 9.17) is 0 Å². The van der Waals surface area contributed by atoms with E-state index in [-0.39, 0.29) is 17.6 Å². The summed E-state index contributed by atoms with van der Waals surface area (Å²) in [5, 5.41) is 2.98. The molecular formula is C25H30FN3O2. The van der Waals surface area contributed by atoms with Crippen LogP contribution in [0.1, 0.15) is 64.4 Å². The summed E-state index contributed by atoms with van der Waals surface area (Å²) < 4.78 is 13.4. The van der Waals surface area contributed by atoms with Crippen molar-refractivity contribution >= 4 is 11.8 Å². The van der Waals surface area contributed by atoms with Gasteiger partial charge in [0.05, 0.1) is 0 Å². The number of amides is 2. The van der Waals surface area contributed by atoms with E-state index in [2.05, 4.69) is 17.1 Å². The monoisotopic (exact) mass is 423 g/mol. The van der Waals surface area contributed by atoms with E-state index in [0.717, 1.165) is 30.6 Å². The van der Waals surface area contributed by atoms with Gasteiger partial charge in [-0.1, -0.05) is 24.6 Å². The number of rotatable bonds is 7. The van der Waals surface area contributed by atoms with Gasteiger partial charge >= 0.3 is 0 Å². The molecule has 2 aromatic carbocycles. The summed E-state index contributed by atoms with van der Waals surface area (Å²) in [5.74, 6) is -0.575. The molecule has 0 radical (unpaired) electrons. The van der Waals surface area contributed by atoms with E-state index in [0.29, 0.717) is 36.8 Å². The van der Waals surface area contributed by atoms with Crippen molar-refractivity contribution in [2.75, 3.05) is 19.6 Å². The van der Waals surface area contributed by atoms with E-state index >= 15 is 0 Å². The van der Waals surface area contributed by atoms with Crippen LogP contribution in [0.5, 0.6) is 0 Å². The van der Waals surface area contributed by atoms with Crippen LogP contribution in [0.4, 0.5) is 4.39 Å². The third-order valence-corrected chi connectivity index (χ3v) is 6.36. The summed E-state index contributed by atoms with van der Waals surface area (Å²) in [6.45, 7) is 5.87. The number of hydrogen-bond donors (Lipinski definition) is 1. The maximum absolute atomic E-state index is 13.4. The van der Waals surface area contributed by atoms with Crippen LogP contribution >= 0.6 is 0 Å². The van der Waals surface area contributed by atoms with Crippen molar-refractivity contribution in [1.82, 2.24) is 15.1 Å². The summed E-state index contributed by atoms with van der Waals surface area (Å²) in [5.41, 5.74) is 2.72. The Kier molecular flexibility index (Phi) is 6.66. The smallest absolute Gasteiger partial charge is 0.254 e. The highest BCUT2D eigenvalue weighted by Crippen LogP contribution is 2.26. The van der Waals surface area contributed by atoms with Crippen LogP contribution in [0.3, 0.4) is 0 Å². The number of likely N-dealkylation sites (tertiary alicyclic amines) is 1. The number of hydrogen-bond acceptors (Lipinski definition) is 3. The fraction of sp³-hybridized carbons (Fsp3) is 0.440. The zero-order chi connectivity index (χ0) is 21.8. The molecule has 31 heavy (non-hydrogen) atoms. The van der Waals surface area contributed by atoms with E-state index in [1.807, 2.05) is 12.1 Å². The zero-order valence-electron chi connectivity index (χ0n) is 18.1. The molecule has 2 amide bonds. The minimum Gasteiger partial charge on any atom is -0.352 e. The average Bonchev–Trinajstić information content (AvgIpc) is 3.07. The number of fused-ring (bicyclic) bond motifs is 1. The summed E-state index contributed by atoms with van der Waals surface area (Å²) in [6, 6.07) is 12.2. The molecule has 2 aliphatic heterocycles. The Bertz CT molecular complexity index is 962. The molecule has 164 valence electrons. The Balaban J connectivity index is 1.31. The Hall–Kier alpha value is -2.73. The van der Waals surface area contributed by atoms with Crippen LogP contribution in [0.25, 0.3) is 0 Å². The lowest BCUT2D eigenvalue weighted by Gasteiger charge is -2.33. The van der Waals surface area contributed by atoms with E-state index < -0.39 is 0 Å². The molecule has 1 fully saturated rings. The van der Waals surface area contributed by atoms with Crippen molar-refractivity contribution in [3.63, 3.8) is 0 Å². The molecule has 0 aromatic heterocycles. The zero-order valence-corrected chi connectivity index (χ0v) is 18.1. The van der Waals surface area contributed by atoms with Crippen LogP contribution in [0, 0.1) is 5.82 Å². The molecular weight excluding hydrogens is 393 g/mol. The molecule has 0 aliphatic carbocycles. The topological polar surface area (TPSA) is 52.7 Å². The lowest BCUT2D eigenvalue weighted by Crippen LogP contribution is -2.39. The third kappa shape index (κ3) is 5.13. The highest BCUT2D eigenvalue weighted by molar-refractivity contribution is 6.02. The van der Waals surface area contributed by atoms with Gasteiger partial charge in [-0.15, -0.1) is 0 Å². The van der Waals surface area contributed by atoms with Gasteiger partial charge in [0, 0.05) is 43.3 Å². The van der Waals surface area contributed by atoms with Crippen molar-refractivity contribution in [3.8, 4) is 0 Å². The van der Waals surface area contributed by atoms with Crippen LogP contribution in [0.15, 0.2) is 42.5 Å². The van der Waals surface area contributed by atoms with Crippen molar-refractivity contribution in [1.29, 1.82) is 0 Å². The Labute approximate surface area is 183 Å². The highest BCUT2D eigenvalue weighted by atomic mass is 19.1. The standard InChI is InChI=1S/C25H30FN3O2/c1-18-6-2-3-12-28(18)13-5-11-27-24(30)20-9-10-21-17-29(25(31)23(21)15-20)16-19-7-4-8-22(26)14-19/h4,7-10,14-15,18H,2-3,5-6,11-13,16-17H2,1H3,(H,27,30). The second-order valence-electron chi connectivity index (χ2n) is 8.65. The molecule has 1 unspecified atom stereocenters. The van der Waals surface area contributed by atoms with Crippen molar-refractivity contribution in [2.45, 2.75) is 51.7 Å². The summed E-state index contributed by atoms with van der Waals surface area (Å²) in [4.78, 5) is 29.6. The maximum Gasteiger partial charge on any atom is 0.254 e. The molecule has 1 atom stereocenters. The molecule has 1 N–H and O–H groups in total. The van der Waals surface area contributed by atoms with Crippen LogP contribution in [0.2, 0.25) is 0 Å². The summed E-state index contributed by atoms with van der Waals surface area (Å²) >= 11 is 0. The van der Waals surface area contributed by atoms with Gasteiger partial charge in [0.15, 0.2) is 0 Å². The average molecular weight is 424 g/mol. The number of piperidine rings is 1. The highest BCUT2D eigenvalue weighted by Gasteiger charge is 2.28. The Morgan fingerprint density at radius 1 is 1.19 bits per heavy atom. The Morgan fingerprint density at radius 3 is 2.87 bits per heavy atom. The first kappa shape index (κ1) is 21.5. The van der Waals surface area contributed by atoms with Crippen LogP contribution < -0.4 is 5.32 Å². The van der Waals surface area contributed by atoms with Gasteiger partial charge in [-0.25, -0.2) is 4.39 Å². The van der Waals surface area contributed by atoms with Gasteiger partial charge in [0.25, 0.3) is 11.8 Å². The molecule has 2 aliphatic rings. The van der Waals surface area contributed by atoms with E-state index in [1.54, 1.807) is 23.1 Å². The number of carbonyl (C=O) groups is 2. The maximum atomic E-state index is 13.4. The minimum atomic E-state index is -0.310. The first-order chi connectivity index (χ1) is 15.0. The van der Waals surface area contributed by atoms with E-state index in [1.165, 1.54) is 31.4 Å². The molecule has 0 bridgehead atoms. The number of halogens is 1. The number of nitrogens with one attached hydrogen (secondary N) is 1. The number of benzene rings is 2. The van der Waals surface area contributed by atoms with Crippen molar-refractivity contribution < 1.29 is 14.0 Å². The normalized spacial score (nSPS) is 18.8. The van der Waals surface area contributed by atoms with E-state index in [9.17, 15) is 14.0 Å². The van der Waals surface area contributed by atoms with Gasteiger partial charge in [0.1, 0.15) is 5.82 Å². The molecule has 0 saturated carbocycles. The first-order valence-electron chi connectivity index (χ1n) is 11.2. The predicted octanol–water partition coefficient (Wildman–Crippen LogP) is 3.98. The second kappa shape index (κ2) is 9.60. The number of nitrogens with zero attached hydrogens (tertiary/aromatic N) is 2. The van der Waals surface area contributed by atoms with Gasteiger partial charge in [-0.05, 0) is 68.1 Å². The second-order valence-corrected chi connectivity index (χ2v) is 8.65. The van der Waals surface area contributed by atoms with Crippen LogP contribution in [-0.2, 0) is 13.1 Å². The lowest BCUT2D eigenvalue weighted by molar-refractivity contribution is 0.0766. The molecule has 2 aromatic rings.